The summed E-state index contributed by atoms with van der Waals surface area (Å²) < 4.78 is 7.76. The zero-order valence-corrected chi connectivity index (χ0v) is 16.4. The summed E-state index contributed by atoms with van der Waals surface area (Å²) in [5.41, 5.74) is 1.83. The van der Waals surface area contributed by atoms with E-state index in [2.05, 4.69) is 36.6 Å². The van der Waals surface area contributed by atoms with E-state index in [0.29, 0.717) is 29.9 Å². The first-order valence-corrected chi connectivity index (χ1v) is 9.25. The van der Waals surface area contributed by atoms with Crippen molar-refractivity contribution in [3.05, 3.63) is 59.7 Å². The number of aromatic nitrogens is 6. The number of carbonyl (C=O) groups is 2. The third-order valence-corrected chi connectivity index (χ3v) is 4.30. The Hall–Kier alpha value is -4.00. The van der Waals surface area contributed by atoms with Gasteiger partial charge in [0.25, 0.3) is 5.91 Å². The maximum Gasteiger partial charge on any atom is 0.305 e. The average molecular weight is 407 g/mol. The Labute approximate surface area is 173 Å². The minimum atomic E-state index is -0.398. The first-order chi connectivity index (χ1) is 14.6. The van der Waals surface area contributed by atoms with Crippen LogP contribution < -0.4 is 5.32 Å². The number of nitrogens with one attached hydrogen (secondary N) is 1. The minimum absolute atomic E-state index is 0.180. The molecule has 1 amide bonds. The van der Waals surface area contributed by atoms with Gasteiger partial charge in [0, 0.05) is 12.0 Å². The lowest BCUT2D eigenvalue weighted by Crippen LogP contribution is -2.22. The van der Waals surface area contributed by atoms with E-state index in [1.807, 2.05) is 6.07 Å². The number of amides is 1. The molecule has 1 unspecified atom stereocenters. The number of ether oxygens (including phenoxy) is 1. The maximum atomic E-state index is 12.1. The smallest absolute Gasteiger partial charge is 0.305 e. The highest BCUT2D eigenvalue weighted by atomic mass is 16.5. The fraction of sp³-hybridized carbons (Fsp3) is 0.300. The number of esters is 1. The number of benzene rings is 1. The summed E-state index contributed by atoms with van der Waals surface area (Å²) in [6.07, 6.45) is 9.58. The number of terminal acetylenes is 1. The molecule has 0 saturated carbocycles. The van der Waals surface area contributed by atoms with Gasteiger partial charge >= 0.3 is 5.97 Å². The van der Waals surface area contributed by atoms with Gasteiger partial charge in [-0.15, -0.1) is 16.6 Å². The largest absolute Gasteiger partial charge is 0.469 e. The van der Waals surface area contributed by atoms with Crippen LogP contribution in [0.25, 0.3) is 0 Å². The van der Waals surface area contributed by atoms with Crippen LogP contribution in [0.5, 0.6) is 0 Å². The quantitative estimate of drug-likeness (QED) is 0.415. The van der Waals surface area contributed by atoms with Crippen LogP contribution in [0.3, 0.4) is 0 Å². The highest BCUT2D eigenvalue weighted by Gasteiger charge is 2.14. The van der Waals surface area contributed by atoms with Gasteiger partial charge in [0.2, 0.25) is 0 Å². The van der Waals surface area contributed by atoms with Crippen molar-refractivity contribution in [1.29, 1.82) is 0 Å². The number of hydrogen-bond acceptors (Lipinski definition) is 7. The van der Waals surface area contributed by atoms with Gasteiger partial charge in [0.05, 0.1) is 32.6 Å². The molecule has 0 radical (unpaired) electrons. The lowest BCUT2D eigenvalue weighted by atomic mass is 10.2. The van der Waals surface area contributed by atoms with Gasteiger partial charge in [-0.25, -0.2) is 9.36 Å². The highest BCUT2D eigenvalue weighted by molar-refractivity contribution is 5.94. The molecule has 3 rings (SSSR count). The third-order valence-electron chi connectivity index (χ3n) is 4.30. The summed E-state index contributed by atoms with van der Waals surface area (Å²) in [6.45, 7) is 0.598. The summed E-state index contributed by atoms with van der Waals surface area (Å²) in [7, 11) is 1.33. The molecule has 0 fully saturated rings. The molecule has 1 atom stereocenters. The lowest BCUT2D eigenvalue weighted by Gasteiger charge is -2.08. The van der Waals surface area contributed by atoms with Gasteiger partial charge in [0.1, 0.15) is 17.4 Å². The summed E-state index contributed by atoms with van der Waals surface area (Å²) in [5.74, 6) is 2.09. The summed E-state index contributed by atoms with van der Waals surface area (Å²) in [6, 6.07) is 8.54. The van der Waals surface area contributed by atoms with Gasteiger partial charge < -0.3 is 10.1 Å². The molecule has 3 aromatic rings. The van der Waals surface area contributed by atoms with Crippen LogP contribution in [0.4, 0.5) is 0 Å². The third kappa shape index (κ3) is 5.51. The first-order valence-electron chi connectivity index (χ1n) is 9.25. The van der Waals surface area contributed by atoms with E-state index in [1.165, 1.54) is 11.8 Å². The zero-order chi connectivity index (χ0) is 21.3. The molecular formula is C20H21N7O3. The minimum Gasteiger partial charge on any atom is -0.469 e. The molecule has 1 N–H and O–H groups in total. The fourth-order valence-electron chi connectivity index (χ4n) is 2.71. The van der Waals surface area contributed by atoms with Crippen LogP contribution in [-0.4, -0.2) is 49.0 Å². The van der Waals surface area contributed by atoms with Gasteiger partial charge in [-0.2, -0.15) is 0 Å². The number of methoxy groups -OCH3 is 1. The Morgan fingerprint density at radius 2 is 1.93 bits per heavy atom. The van der Waals surface area contributed by atoms with E-state index in [9.17, 15) is 9.59 Å². The molecule has 0 bridgehead atoms. The molecule has 154 valence electrons. The molecule has 10 heteroatoms. The predicted octanol–water partition coefficient (Wildman–Crippen LogP) is 0.975. The van der Waals surface area contributed by atoms with Crippen molar-refractivity contribution in [3.63, 3.8) is 0 Å². The zero-order valence-electron chi connectivity index (χ0n) is 16.4. The van der Waals surface area contributed by atoms with Crippen molar-refractivity contribution in [2.75, 3.05) is 7.11 Å². The van der Waals surface area contributed by atoms with Gasteiger partial charge in [-0.05, 0) is 18.6 Å². The van der Waals surface area contributed by atoms with Crippen LogP contribution in [0.1, 0.15) is 40.6 Å². The van der Waals surface area contributed by atoms with Gasteiger partial charge in [-0.1, -0.05) is 34.5 Å². The first kappa shape index (κ1) is 20.7. The average Bonchev–Trinajstić information content (AvgIpc) is 3.43. The fourth-order valence-corrected chi connectivity index (χ4v) is 2.71. The predicted molar refractivity (Wildman–Crippen MR) is 106 cm³/mol. The van der Waals surface area contributed by atoms with Crippen molar-refractivity contribution >= 4 is 11.9 Å². The van der Waals surface area contributed by atoms with E-state index in [0.717, 1.165) is 0 Å². The van der Waals surface area contributed by atoms with Crippen molar-refractivity contribution in [3.8, 4) is 12.3 Å². The Morgan fingerprint density at radius 1 is 1.17 bits per heavy atom. The van der Waals surface area contributed by atoms with Crippen LogP contribution in [0.15, 0.2) is 42.7 Å². The van der Waals surface area contributed by atoms with Crippen molar-refractivity contribution in [2.24, 2.45) is 0 Å². The van der Waals surface area contributed by atoms with Crippen LogP contribution in [0.2, 0.25) is 0 Å². The lowest BCUT2D eigenvalue weighted by molar-refractivity contribution is -0.140. The second kappa shape index (κ2) is 9.97. The summed E-state index contributed by atoms with van der Waals surface area (Å²) >= 11 is 0. The molecule has 0 spiro atoms. The van der Waals surface area contributed by atoms with E-state index >= 15 is 0 Å². The SMILES string of the molecule is C#CC(CCC(=O)OC)n1cc(Cn2cc(CNC(=O)c3ccccc3)nn2)nn1. The Morgan fingerprint density at radius 3 is 2.67 bits per heavy atom. The highest BCUT2D eigenvalue weighted by Crippen LogP contribution is 2.13. The van der Waals surface area contributed by atoms with Gasteiger partial charge in [0.15, 0.2) is 0 Å². The standard InChI is InChI=1S/C20H21N7O3/c1-3-18(9-10-19(28)30-2)27-14-17(23-25-27)13-26-12-16(22-24-26)11-21-20(29)15-7-5-4-6-8-15/h1,4-8,12,14,18H,9-11,13H2,2H3,(H,21,29). The summed E-state index contributed by atoms with van der Waals surface area (Å²) in [4.78, 5) is 23.4. The molecule has 0 saturated heterocycles. The van der Waals surface area contributed by atoms with Crippen molar-refractivity contribution < 1.29 is 14.3 Å². The molecule has 2 aromatic heterocycles. The Kier molecular flexibility index (Phi) is 6.89. The van der Waals surface area contributed by atoms with Crippen LogP contribution in [-0.2, 0) is 22.6 Å². The maximum absolute atomic E-state index is 12.1. The van der Waals surface area contributed by atoms with E-state index in [1.54, 1.807) is 41.3 Å². The second-order valence-electron chi connectivity index (χ2n) is 6.44. The normalized spacial score (nSPS) is 11.5. The molecule has 10 nitrogen and oxygen atoms in total. The van der Waals surface area contributed by atoms with Crippen LogP contribution in [0, 0.1) is 12.3 Å². The Bertz CT molecular complexity index is 1040. The molecular weight excluding hydrogens is 386 g/mol. The molecule has 0 aliphatic carbocycles. The molecule has 30 heavy (non-hydrogen) atoms. The molecule has 1 aromatic carbocycles. The van der Waals surface area contributed by atoms with E-state index in [-0.39, 0.29) is 24.8 Å². The number of carbonyl (C=O) groups excluding carboxylic acids is 2. The molecule has 0 aliphatic rings. The van der Waals surface area contributed by atoms with Crippen LogP contribution >= 0.6 is 0 Å². The monoisotopic (exact) mass is 407 g/mol. The molecule has 2 heterocycles. The van der Waals surface area contributed by atoms with E-state index in [4.69, 9.17) is 6.42 Å². The topological polar surface area (TPSA) is 117 Å². The number of nitrogens with zero attached hydrogens (tertiary/aromatic N) is 6. The number of rotatable bonds is 9. The number of hydrogen-bond donors (Lipinski definition) is 1. The van der Waals surface area contributed by atoms with E-state index < -0.39 is 6.04 Å². The molecule has 0 aliphatic heterocycles. The van der Waals surface area contributed by atoms with Gasteiger partial charge in [-0.3, -0.25) is 9.59 Å². The second-order valence-corrected chi connectivity index (χ2v) is 6.44. The summed E-state index contributed by atoms with van der Waals surface area (Å²) in [5, 5.41) is 19.0. The van der Waals surface area contributed by atoms with Crippen molar-refractivity contribution in [1.82, 2.24) is 35.3 Å². The Balaban J connectivity index is 1.54. The van der Waals surface area contributed by atoms with Crippen molar-refractivity contribution in [2.45, 2.75) is 32.0 Å².